The number of carbonyl (C=O) groups excluding carboxylic acids is 1. The molecule has 3 heterocycles. The standard InChI is InChI=1S/C23H26N6O3S/c1-14-7-10-17(32-14)16-9-8-15(31-2)12-18(16)33-23-28-20-21(25)26-13-27-22(20)29(23)11-5-3-4-6-19(24)30/h7-10,12-13H,3-6,11H2,1-2H3,(H2,24,30)(H2,25,26,27). The van der Waals surface area contributed by atoms with Crippen LogP contribution in [0.3, 0.4) is 0 Å². The van der Waals surface area contributed by atoms with Crippen molar-refractivity contribution in [2.24, 2.45) is 5.73 Å². The third-order valence-electron chi connectivity index (χ3n) is 5.23. The van der Waals surface area contributed by atoms with Crippen molar-refractivity contribution in [3.63, 3.8) is 0 Å². The number of amides is 1. The van der Waals surface area contributed by atoms with Crippen molar-refractivity contribution >= 4 is 34.7 Å². The minimum atomic E-state index is -0.279. The number of nitrogens with two attached hydrogens (primary N) is 2. The lowest BCUT2D eigenvalue weighted by molar-refractivity contribution is -0.118. The van der Waals surface area contributed by atoms with Crippen LogP contribution in [0.25, 0.3) is 22.5 Å². The number of methoxy groups -OCH3 is 1. The van der Waals surface area contributed by atoms with Crippen LogP contribution in [-0.4, -0.2) is 32.5 Å². The predicted molar refractivity (Wildman–Crippen MR) is 127 cm³/mol. The zero-order valence-corrected chi connectivity index (χ0v) is 19.4. The molecule has 0 radical (unpaired) electrons. The van der Waals surface area contributed by atoms with Crippen LogP contribution in [0.4, 0.5) is 5.82 Å². The monoisotopic (exact) mass is 466 g/mol. The molecule has 0 saturated carbocycles. The molecule has 0 aliphatic rings. The van der Waals surface area contributed by atoms with Gasteiger partial charge in [0, 0.05) is 23.4 Å². The molecule has 0 saturated heterocycles. The van der Waals surface area contributed by atoms with E-state index in [4.69, 9.17) is 25.6 Å². The van der Waals surface area contributed by atoms with E-state index in [0.717, 1.165) is 52.1 Å². The molecule has 4 rings (SSSR count). The van der Waals surface area contributed by atoms with Gasteiger partial charge in [0.05, 0.1) is 7.11 Å². The number of nitrogens with zero attached hydrogens (tertiary/aromatic N) is 4. The van der Waals surface area contributed by atoms with E-state index in [1.807, 2.05) is 41.8 Å². The Labute approximate surface area is 195 Å². The number of primary amides is 1. The molecule has 0 aliphatic carbocycles. The van der Waals surface area contributed by atoms with Gasteiger partial charge in [0.2, 0.25) is 5.91 Å². The molecule has 33 heavy (non-hydrogen) atoms. The Morgan fingerprint density at radius 3 is 2.76 bits per heavy atom. The van der Waals surface area contributed by atoms with Crippen molar-refractivity contribution in [3.05, 3.63) is 42.4 Å². The maximum atomic E-state index is 11.0. The number of unbranched alkanes of at least 4 members (excludes halogenated alkanes) is 2. The number of carbonyl (C=O) groups is 1. The van der Waals surface area contributed by atoms with Crippen molar-refractivity contribution in [1.82, 2.24) is 19.5 Å². The highest BCUT2D eigenvalue weighted by molar-refractivity contribution is 7.99. The second kappa shape index (κ2) is 9.95. The minimum Gasteiger partial charge on any atom is -0.497 e. The summed E-state index contributed by atoms with van der Waals surface area (Å²) in [6.07, 6.45) is 4.29. The number of nitrogen functional groups attached to an aromatic ring is 1. The normalized spacial score (nSPS) is 11.2. The summed E-state index contributed by atoms with van der Waals surface area (Å²) in [5.74, 6) is 2.40. The van der Waals surface area contributed by atoms with Crippen molar-refractivity contribution in [2.45, 2.75) is 49.2 Å². The summed E-state index contributed by atoms with van der Waals surface area (Å²) >= 11 is 1.49. The van der Waals surface area contributed by atoms with Gasteiger partial charge < -0.3 is 25.2 Å². The Kier molecular flexibility index (Phi) is 6.83. The van der Waals surface area contributed by atoms with E-state index in [1.54, 1.807) is 7.11 Å². The lowest BCUT2D eigenvalue weighted by Crippen LogP contribution is -2.09. The molecule has 0 atom stereocenters. The van der Waals surface area contributed by atoms with Gasteiger partial charge in [-0.3, -0.25) is 4.79 Å². The molecule has 10 heteroatoms. The van der Waals surface area contributed by atoms with Gasteiger partial charge in [-0.15, -0.1) is 0 Å². The number of imidazole rings is 1. The van der Waals surface area contributed by atoms with Gasteiger partial charge in [-0.05, 0) is 50.1 Å². The van der Waals surface area contributed by atoms with Crippen LogP contribution < -0.4 is 16.2 Å². The Morgan fingerprint density at radius 2 is 2.03 bits per heavy atom. The lowest BCUT2D eigenvalue weighted by Gasteiger charge is -2.11. The van der Waals surface area contributed by atoms with Gasteiger partial charge in [-0.2, -0.15) is 0 Å². The summed E-state index contributed by atoms with van der Waals surface area (Å²) in [5, 5.41) is 0.741. The van der Waals surface area contributed by atoms with Crippen LogP contribution in [0.1, 0.15) is 31.4 Å². The van der Waals surface area contributed by atoms with Crippen molar-refractivity contribution in [1.29, 1.82) is 0 Å². The number of hydrogen-bond donors (Lipinski definition) is 2. The zero-order chi connectivity index (χ0) is 23.4. The SMILES string of the molecule is COc1ccc(-c2ccc(C)o2)c(Sc2nc3c(N)ncnc3n2CCCCCC(N)=O)c1. The first-order chi connectivity index (χ1) is 16.0. The molecule has 0 unspecified atom stereocenters. The summed E-state index contributed by atoms with van der Waals surface area (Å²) in [6, 6.07) is 9.73. The Morgan fingerprint density at radius 1 is 1.18 bits per heavy atom. The molecule has 4 aromatic rings. The van der Waals surface area contributed by atoms with Crippen LogP contribution in [0.15, 0.2) is 51.1 Å². The first-order valence-electron chi connectivity index (χ1n) is 10.6. The number of furan rings is 1. The fourth-order valence-corrected chi connectivity index (χ4v) is 4.63. The topological polar surface area (TPSA) is 135 Å². The largest absolute Gasteiger partial charge is 0.497 e. The average Bonchev–Trinajstić information content (AvgIpc) is 3.37. The average molecular weight is 467 g/mol. The number of anilines is 1. The molecular formula is C23H26N6O3S. The Bertz CT molecular complexity index is 1280. The number of aromatic nitrogens is 4. The van der Waals surface area contributed by atoms with Crippen LogP contribution in [-0.2, 0) is 11.3 Å². The summed E-state index contributed by atoms with van der Waals surface area (Å²) < 4.78 is 13.4. The smallest absolute Gasteiger partial charge is 0.217 e. The number of aryl methyl sites for hydroxylation is 2. The Balaban J connectivity index is 1.69. The Hall–Kier alpha value is -3.53. The van der Waals surface area contributed by atoms with Crippen molar-refractivity contribution in [3.8, 4) is 17.1 Å². The second-order valence-electron chi connectivity index (χ2n) is 7.63. The van der Waals surface area contributed by atoms with E-state index in [9.17, 15) is 4.79 Å². The maximum Gasteiger partial charge on any atom is 0.217 e. The number of rotatable bonds is 10. The molecule has 4 N–H and O–H groups in total. The fraction of sp³-hybridized carbons (Fsp3) is 0.304. The van der Waals surface area contributed by atoms with E-state index in [2.05, 4.69) is 9.97 Å². The maximum absolute atomic E-state index is 11.0. The molecule has 0 spiro atoms. The highest BCUT2D eigenvalue weighted by atomic mass is 32.2. The first kappa shape index (κ1) is 22.7. The summed E-state index contributed by atoms with van der Waals surface area (Å²) in [6.45, 7) is 2.59. The second-order valence-corrected chi connectivity index (χ2v) is 8.64. The predicted octanol–water partition coefficient (Wildman–Crippen LogP) is 4.18. The highest BCUT2D eigenvalue weighted by Crippen LogP contribution is 2.39. The first-order valence-corrected chi connectivity index (χ1v) is 11.5. The van der Waals surface area contributed by atoms with Crippen LogP contribution >= 0.6 is 11.8 Å². The molecule has 172 valence electrons. The van der Waals surface area contributed by atoms with E-state index in [1.165, 1.54) is 18.1 Å². The molecule has 1 aromatic carbocycles. The van der Waals surface area contributed by atoms with Gasteiger partial charge in [0.1, 0.15) is 23.6 Å². The van der Waals surface area contributed by atoms with Crippen molar-refractivity contribution in [2.75, 3.05) is 12.8 Å². The molecular weight excluding hydrogens is 440 g/mol. The summed E-state index contributed by atoms with van der Waals surface area (Å²) in [5.41, 5.74) is 13.5. The summed E-state index contributed by atoms with van der Waals surface area (Å²) in [7, 11) is 1.64. The van der Waals surface area contributed by atoms with E-state index >= 15 is 0 Å². The molecule has 0 bridgehead atoms. The van der Waals surface area contributed by atoms with Crippen LogP contribution in [0.5, 0.6) is 5.75 Å². The fourth-order valence-electron chi connectivity index (χ4n) is 3.55. The lowest BCUT2D eigenvalue weighted by atomic mass is 10.1. The highest BCUT2D eigenvalue weighted by Gasteiger charge is 2.19. The van der Waals surface area contributed by atoms with E-state index < -0.39 is 0 Å². The van der Waals surface area contributed by atoms with Gasteiger partial charge in [0.25, 0.3) is 0 Å². The zero-order valence-electron chi connectivity index (χ0n) is 18.6. The van der Waals surface area contributed by atoms with E-state index in [0.29, 0.717) is 29.9 Å². The number of hydrogen-bond acceptors (Lipinski definition) is 8. The molecule has 0 aliphatic heterocycles. The number of fused-ring (bicyclic) bond motifs is 1. The number of benzene rings is 1. The van der Waals surface area contributed by atoms with Gasteiger partial charge in [0.15, 0.2) is 22.1 Å². The molecule has 1 amide bonds. The van der Waals surface area contributed by atoms with Gasteiger partial charge in [-0.1, -0.05) is 18.2 Å². The molecule has 9 nitrogen and oxygen atoms in total. The third kappa shape index (κ3) is 5.11. The van der Waals surface area contributed by atoms with Crippen molar-refractivity contribution < 1.29 is 13.9 Å². The van der Waals surface area contributed by atoms with E-state index in [-0.39, 0.29) is 5.91 Å². The van der Waals surface area contributed by atoms with Gasteiger partial charge in [-0.25, -0.2) is 15.0 Å². The van der Waals surface area contributed by atoms with Crippen LogP contribution in [0.2, 0.25) is 0 Å². The third-order valence-corrected chi connectivity index (χ3v) is 6.28. The molecule has 3 aromatic heterocycles. The minimum absolute atomic E-state index is 0.279. The van der Waals surface area contributed by atoms with Crippen LogP contribution in [0, 0.1) is 6.92 Å². The number of ether oxygens (including phenoxy) is 1. The van der Waals surface area contributed by atoms with Gasteiger partial charge >= 0.3 is 0 Å². The summed E-state index contributed by atoms with van der Waals surface area (Å²) in [4.78, 5) is 25.2. The molecule has 0 fully saturated rings. The quantitative estimate of drug-likeness (QED) is 0.332.